The molecule has 13 heavy (non-hydrogen) atoms. The van der Waals surface area contributed by atoms with E-state index in [4.69, 9.17) is 0 Å². The smallest absolute Gasteiger partial charge is 1.00 e. The van der Waals surface area contributed by atoms with Crippen molar-refractivity contribution in [3.8, 4) is 0 Å². The molecule has 0 aliphatic rings. The van der Waals surface area contributed by atoms with E-state index < -0.39 is 0 Å². The zero-order valence-electron chi connectivity index (χ0n) is 8.98. The molecule has 0 aromatic rings. The Morgan fingerprint density at radius 2 is 0.769 bits per heavy atom. The van der Waals surface area contributed by atoms with Crippen molar-refractivity contribution in [2.24, 2.45) is 0 Å². The summed E-state index contributed by atoms with van der Waals surface area (Å²) in [5.74, 6) is 0. The number of halogens is 2. The van der Waals surface area contributed by atoms with Gasteiger partial charge in [-0.05, 0) is 0 Å². The average Bonchev–Trinajstić information content (AvgIpc) is 1.93. The van der Waals surface area contributed by atoms with Crippen molar-refractivity contribution in [2.75, 3.05) is 26.2 Å². The van der Waals surface area contributed by atoms with Gasteiger partial charge in [0.1, 0.15) is 0 Å². The van der Waals surface area contributed by atoms with Crippen molar-refractivity contribution >= 4 is 0 Å². The van der Waals surface area contributed by atoms with Gasteiger partial charge in [-0.3, -0.25) is 0 Å². The van der Waals surface area contributed by atoms with Crippen molar-refractivity contribution in [1.29, 1.82) is 0 Å². The van der Waals surface area contributed by atoms with E-state index >= 15 is 0 Å². The van der Waals surface area contributed by atoms with Gasteiger partial charge < -0.3 is 44.6 Å². The third-order valence-corrected chi connectivity index (χ3v) is 0.894. The second-order valence-corrected chi connectivity index (χ2v) is 1.71. The van der Waals surface area contributed by atoms with Crippen LogP contribution in [0, 0.1) is 0 Å². The summed E-state index contributed by atoms with van der Waals surface area (Å²) in [7, 11) is 0. The van der Waals surface area contributed by atoms with E-state index in [0.717, 1.165) is 26.2 Å². The zero-order valence-corrected chi connectivity index (χ0v) is 15.7. The van der Waals surface area contributed by atoms with Crippen LogP contribution < -0.4 is 34.0 Å². The van der Waals surface area contributed by atoms with Crippen molar-refractivity contribution in [3.05, 3.63) is 10.6 Å². The third-order valence-electron chi connectivity index (χ3n) is 0.894. The topological polar surface area (TPSA) is 28.2 Å². The number of nitrogens with zero attached hydrogens (tertiary/aromatic N) is 2. The average molecular weight is 483 g/mol. The summed E-state index contributed by atoms with van der Waals surface area (Å²) in [4.78, 5) is 0. The van der Waals surface area contributed by atoms with Crippen LogP contribution in [0.5, 0.6) is 0 Å². The summed E-state index contributed by atoms with van der Waals surface area (Å²) in [5.41, 5.74) is 0. The molecule has 0 fully saturated rings. The Kier molecular flexibility index (Phi) is 84.0. The predicted octanol–water partition coefficient (Wildman–Crippen LogP) is -3.19. The van der Waals surface area contributed by atoms with Crippen molar-refractivity contribution in [3.63, 3.8) is 0 Å². The molecule has 0 saturated carbocycles. The quantitative estimate of drug-likeness (QED) is 0.378. The molecule has 0 bridgehead atoms. The molecule has 5 heteroatoms. The molecule has 0 radical (unpaired) electrons. The zero-order chi connectivity index (χ0) is 8.24. The Hall–Kier alpha value is 1.75. The van der Waals surface area contributed by atoms with E-state index in [1.165, 1.54) is 0 Å². The van der Waals surface area contributed by atoms with Gasteiger partial charge in [0, 0.05) is 0 Å². The molecule has 0 aromatic carbocycles. The molecule has 0 atom stereocenters. The van der Waals surface area contributed by atoms with Gasteiger partial charge in [0.25, 0.3) is 0 Å². The molecule has 0 saturated heterocycles. The van der Waals surface area contributed by atoms with Gasteiger partial charge in [-0.25, -0.2) is 0 Å². The van der Waals surface area contributed by atoms with E-state index in [0.29, 0.717) is 0 Å². The first-order valence-electron chi connectivity index (χ1n) is 4.09. The van der Waals surface area contributed by atoms with Crippen LogP contribution in [0.3, 0.4) is 0 Å². The van der Waals surface area contributed by atoms with Crippen LogP contribution >= 0.6 is 0 Å². The first-order valence-corrected chi connectivity index (χ1v) is 4.09. The molecule has 2 nitrogen and oxygen atoms in total. The fourth-order valence-electron chi connectivity index (χ4n) is 0.447. The first kappa shape index (κ1) is 29.3. The van der Waals surface area contributed by atoms with Gasteiger partial charge in [-0.15, -0.1) is 0 Å². The second-order valence-electron chi connectivity index (χ2n) is 1.71. The Morgan fingerprint density at radius 1 is 0.615 bits per heavy atom. The maximum absolute atomic E-state index is 3.97. The normalized spacial score (nSPS) is 6.46. The number of rotatable bonds is 4. The first-order chi connectivity index (χ1) is 4.83. The maximum Gasteiger partial charge on any atom is 4.00 e. The number of hydrogen-bond acceptors (Lipinski definition) is 0. The van der Waals surface area contributed by atoms with E-state index in [1.54, 1.807) is 0 Å². The van der Waals surface area contributed by atoms with Gasteiger partial charge in [-0.1, -0.05) is 27.7 Å². The molecule has 0 N–H and O–H groups in total. The van der Waals surface area contributed by atoms with Gasteiger partial charge in [-0.2, -0.15) is 26.2 Å². The van der Waals surface area contributed by atoms with Crippen LogP contribution in [-0.2, 0) is 25.8 Å². The Bertz CT molecular complexity index is 41.1. The molecular formula is C8H20Br2HfN2. The van der Waals surface area contributed by atoms with Crippen molar-refractivity contribution in [2.45, 2.75) is 27.7 Å². The van der Waals surface area contributed by atoms with Gasteiger partial charge in [0.15, 0.2) is 0 Å². The van der Waals surface area contributed by atoms with E-state index in [1.807, 2.05) is 27.7 Å². The second kappa shape index (κ2) is 37.2. The fourth-order valence-corrected chi connectivity index (χ4v) is 0.447. The summed E-state index contributed by atoms with van der Waals surface area (Å²) in [5, 5.41) is 7.94. The Morgan fingerprint density at radius 3 is 0.769 bits per heavy atom. The summed E-state index contributed by atoms with van der Waals surface area (Å²) in [6.45, 7) is 12.1. The summed E-state index contributed by atoms with van der Waals surface area (Å²) in [6, 6.07) is 0. The number of hydrogen-bond donors (Lipinski definition) is 0. The monoisotopic (exact) mass is 482 g/mol. The van der Waals surface area contributed by atoms with Gasteiger partial charge >= 0.3 is 25.8 Å². The minimum absolute atomic E-state index is 0. The summed E-state index contributed by atoms with van der Waals surface area (Å²) in [6.07, 6.45) is 0. The van der Waals surface area contributed by atoms with Crippen LogP contribution in [0.2, 0.25) is 0 Å². The van der Waals surface area contributed by atoms with Crippen LogP contribution in [0.1, 0.15) is 27.7 Å². The van der Waals surface area contributed by atoms with Crippen molar-refractivity contribution in [1.82, 2.24) is 0 Å². The largest absolute Gasteiger partial charge is 4.00 e. The fraction of sp³-hybridized carbons (Fsp3) is 1.00. The molecule has 80 valence electrons. The van der Waals surface area contributed by atoms with E-state index in [9.17, 15) is 0 Å². The molecule has 0 aromatic heterocycles. The summed E-state index contributed by atoms with van der Waals surface area (Å²) >= 11 is 0. The van der Waals surface area contributed by atoms with Crippen LogP contribution in [-0.4, -0.2) is 26.2 Å². The third kappa shape index (κ3) is 57.4. The molecule has 0 unspecified atom stereocenters. The van der Waals surface area contributed by atoms with Crippen LogP contribution in [0.4, 0.5) is 0 Å². The van der Waals surface area contributed by atoms with Crippen molar-refractivity contribution < 1.29 is 59.8 Å². The minimum Gasteiger partial charge on any atom is -1.00 e. The van der Waals surface area contributed by atoms with Gasteiger partial charge in [0.2, 0.25) is 0 Å². The molecule has 0 amide bonds. The standard InChI is InChI=1S/2C4H10N.2BrH.Hf/c2*1-3-5-4-2;;;/h2*3-4H2,1-2H3;2*1H;/q2*-1;;;+4/p-2. The maximum atomic E-state index is 3.97. The summed E-state index contributed by atoms with van der Waals surface area (Å²) < 4.78 is 0. The predicted molar refractivity (Wildman–Crippen MR) is 48.9 cm³/mol. The SMILES string of the molecule is CC[N-]CC.CC[N-]CC.[Br-].[Br-].[Hf+4]. The van der Waals surface area contributed by atoms with E-state index in [2.05, 4.69) is 10.6 Å². The Labute approximate surface area is 123 Å². The molecular weight excluding hydrogens is 462 g/mol. The molecule has 0 aliphatic carbocycles. The van der Waals surface area contributed by atoms with Crippen LogP contribution in [0.15, 0.2) is 0 Å². The van der Waals surface area contributed by atoms with Crippen LogP contribution in [0.25, 0.3) is 10.6 Å². The minimum atomic E-state index is 0. The molecule has 0 heterocycles. The Balaban J connectivity index is -0.0000000267. The molecule has 0 aliphatic heterocycles. The molecule has 0 rings (SSSR count). The van der Waals surface area contributed by atoms with Gasteiger partial charge in [0.05, 0.1) is 0 Å². The molecule has 0 spiro atoms. The van der Waals surface area contributed by atoms with E-state index in [-0.39, 0.29) is 59.8 Å².